The standard InChI is InChI=1S/C21H23F3N4O2/c1-26-15(11-25-12-20(26)29)13-27-8-5-16(6-9-27)30-19-4-2-3-18-17(19)7-10-28(18)14-21(22,23)24/h2-4,7,10-12,16H,5-6,8-9,13-14H2,1H3. The molecule has 1 aromatic carbocycles. The maximum Gasteiger partial charge on any atom is 0.406 e. The molecule has 1 saturated heterocycles. The highest BCUT2D eigenvalue weighted by Crippen LogP contribution is 2.31. The van der Waals surface area contributed by atoms with Crippen molar-refractivity contribution in [1.82, 2.24) is 19.0 Å². The van der Waals surface area contributed by atoms with Gasteiger partial charge in [0.25, 0.3) is 5.56 Å². The third-order valence-corrected chi connectivity index (χ3v) is 5.51. The van der Waals surface area contributed by atoms with E-state index in [-0.39, 0.29) is 11.7 Å². The smallest absolute Gasteiger partial charge is 0.406 e. The van der Waals surface area contributed by atoms with Crippen LogP contribution in [-0.2, 0) is 20.1 Å². The number of benzene rings is 1. The highest BCUT2D eigenvalue weighted by molar-refractivity contribution is 5.86. The Bertz CT molecular complexity index is 1080. The number of nitrogens with zero attached hydrogens (tertiary/aromatic N) is 4. The summed E-state index contributed by atoms with van der Waals surface area (Å²) in [6, 6.07) is 6.88. The van der Waals surface area contributed by atoms with Crippen LogP contribution in [0.2, 0.25) is 0 Å². The van der Waals surface area contributed by atoms with E-state index in [4.69, 9.17) is 4.74 Å². The number of rotatable bonds is 5. The van der Waals surface area contributed by atoms with Crippen LogP contribution in [0, 0.1) is 0 Å². The van der Waals surface area contributed by atoms with E-state index >= 15 is 0 Å². The lowest BCUT2D eigenvalue weighted by Gasteiger charge is -2.32. The van der Waals surface area contributed by atoms with Crippen molar-refractivity contribution in [3.8, 4) is 5.75 Å². The Hall–Kier alpha value is -2.81. The normalized spacial score (nSPS) is 16.3. The number of fused-ring (bicyclic) bond motifs is 1. The first-order valence-corrected chi connectivity index (χ1v) is 9.84. The fourth-order valence-electron chi connectivity index (χ4n) is 3.87. The van der Waals surface area contributed by atoms with Crippen molar-refractivity contribution in [2.75, 3.05) is 13.1 Å². The lowest BCUT2D eigenvalue weighted by atomic mass is 10.1. The average molecular weight is 420 g/mol. The summed E-state index contributed by atoms with van der Waals surface area (Å²) in [6.45, 7) is 1.23. The van der Waals surface area contributed by atoms with Gasteiger partial charge in [0.15, 0.2) is 0 Å². The molecule has 9 heteroatoms. The van der Waals surface area contributed by atoms with E-state index in [2.05, 4.69) is 9.88 Å². The molecule has 2 aromatic heterocycles. The average Bonchev–Trinajstić information content (AvgIpc) is 3.09. The first kappa shape index (κ1) is 20.5. The summed E-state index contributed by atoms with van der Waals surface area (Å²) >= 11 is 0. The van der Waals surface area contributed by atoms with E-state index in [9.17, 15) is 18.0 Å². The molecule has 6 nitrogen and oxygen atoms in total. The van der Waals surface area contributed by atoms with E-state index in [1.807, 2.05) is 0 Å². The lowest BCUT2D eigenvalue weighted by Crippen LogP contribution is -2.39. The number of piperidine rings is 1. The zero-order valence-corrected chi connectivity index (χ0v) is 16.6. The van der Waals surface area contributed by atoms with Gasteiger partial charge in [0.05, 0.1) is 17.4 Å². The molecule has 1 aliphatic rings. The van der Waals surface area contributed by atoms with Crippen LogP contribution in [0.4, 0.5) is 13.2 Å². The molecule has 3 aromatic rings. The van der Waals surface area contributed by atoms with Crippen LogP contribution in [0.3, 0.4) is 0 Å². The third-order valence-electron chi connectivity index (χ3n) is 5.51. The van der Waals surface area contributed by atoms with E-state index < -0.39 is 12.7 Å². The molecule has 0 aliphatic carbocycles. The highest BCUT2D eigenvalue weighted by Gasteiger charge is 2.29. The minimum Gasteiger partial charge on any atom is -0.490 e. The summed E-state index contributed by atoms with van der Waals surface area (Å²) in [5.74, 6) is 0.613. The second-order valence-corrected chi connectivity index (χ2v) is 7.64. The number of likely N-dealkylation sites (tertiary alicyclic amines) is 1. The summed E-state index contributed by atoms with van der Waals surface area (Å²) in [5.41, 5.74) is 1.24. The van der Waals surface area contributed by atoms with Gasteiger partial charge in [-0.15, -0.1) is 0 Å². The van der Waals surface area contributed by atoms with E-state index in [1.165, 1.54) is 17.0 Å². The minimum atomic E-state index is -4.27. The molecular weight excluding hydrogens is 397 g/mol. The predicted molar refractivity (Wildman–Crippen MR) is 106 cm³/mol. The largest absolute Gasteiger partial charge is 0.490 e. The summed E-state index contributed by atoms with van der Waals surface area (Å²) in [7, 11) is 1.74. The van der Waals surface area contributed by atoms with E-state index in [0.29, 0.717) is 23.2 Å². The van der Waals surface area contributed by atoms with Gasteiger partial charge in [-0.3, -0.25) is 14.7 Å². The van der Waals surface area contributed by atoms with Gasteiger partial charge in [-0.1, -0.05) is 6.07 Å². The maximum absolute atomic E-state index is 12.8. The second-order valence-electron chi connectivity index (χ2n) is 7.64. The fourth-order valence-corrected chi connectivity index (χ4v) is 3.87. The molecule has 0 saturated carbocycles. The second kappa shape index (κ2) is 8.14. The van der Waals surface area contributed by atoms with Crippen LogP contribution in [0.1, 0.15) is 18.5 Å². The van der Waals surface area contributed by atoms with Crippen molar-refractivity contribution in [3.63, 3.8) is 0 Å². The van der Waals surface area contributed by atoms with Crippen LogP contribution < -0.4 is 10.3 Å². The molecule has 0 spiro atoms. The van der Waals surface area contributed by atoms with Gasteiger partial charge in [0, 0.05) is 44.5 Å². The molecule has 160 valence electrons. The summed E-state index contributed by atoms with van der Waals surface area (Å²) in [4.78, 5) is 17.9. The number of aromatic nitrogens is 3. The number of hydrogen-bond donors (Lipinski definition) is 0. The number of hydrogen-bond acceptors (Lipinski definition) is 4. The highest BCUT2D eigenvalue weighted by atomic mass is 19.4. The van der Waals surface area contributed by atoms with Crippen molar-refractivity contribution in [3.05, 3.63) is 58.9 Å². The van der Waals surface area contributed by atoms with Gasteiger partial charge in [-0.2, -0.15) is 13.2 Å². The monoisotopic (exact) mass is 420 g/mol. The topological polar surface area (TPSA) is 52.3 Å². The van der Waals surface area contributed by atoms with Crippen molar-refractivity contribution in [1.29, 1.82) is 0 Å². The summed E-state index contributed by atoms with van der Waals surface area (Å²) in [6.07, 6.45) is 1.78. The minimum absolute atomic E-state index is 0.00414. The van der Waals surface area contributed by atoms with Gasteiger partial charge in [-0.25, -0.2) is 0 Å². The Morgan fingerprint density at radius 2 is 1.93 bits per heavy atom. The van der Waals surface area contributed by atoms with Crippen molar-refractivity contribution in [2.45, 2.75) is 38.2 Å². The number of alkyl halides is 3. The van der Waals surface area contributed by atoms with E-state index in [0.717, 1.165) is 31.6 Å². The van der Waals surface area contributed by atoms with Gasteiger partial charge >= 0.3 is 6.18 Å². The Morgan fingerprint density at radius 1 is 1.17 bits per heavy atom. The van der Waals surface area contributed by atoms with Crippen LogP contribution in [0.15, 0.2) is 47.7 Å². The van der Waals surface area contributed by atoms with Crippen LogP contribution >= 0.6 is 0 Å². The zero-order chi connectivity index (χ0) is 21.3. The van der Waals surface area contributed by atoms with Crippen LogP contribution in [-0.4, -0.2) is 44.4 Å². The van der Waals surface area contributed by atoms with Crippen molar-refractivity contribution < 1.29 is 17.9 Å². The van der Waals surface area contributed by atoms with E-state index in [1.54, 1.807) is 42.1 Å². The summed E-state index contributed by atoms with van der Waals surface area (Å²) in [5, 5.41) is 0.689. The first-order chi connectivity index (χ1) is 14.3. The number of halogens is 3. The molecule has 3 heterocycles. The molecule has 0 unspecified atom stereocenters. The first-order valence-electron chi connectivity index (χ1n) is 9.84. The third kappa shape index (κ3) is 4.51. The van der Waals surface area contributed by atoms with Crippen molar-refractivity contribution >= 4 is 10.9 Å². The summed E-state index contributed by atoms with van der Waals surface area (Å²) < 4.78 is 47.3. The number of ether oxygens (including phenoxy) is 1. The Kier molecular flexibility index (Phi) is 5.55. The predicted octanol–water partition coefficient (Wildman–Crippen LogP) is 3.34. The molecule has 0 radical (unpaired) electrons. The molecule has 30 heavy (non-hydrogen) atoms. The SMILES string of the molecule is Cn1c(CN2CCC(Oc3cccc4c3ccn4CC(F)(F)F)CC2)cncc1=O. The van der Waals surface area contributed by atoms with Crippen molar-refractivity contribution in [2.24, 2.45) is 7.05 Å². The molecule has 1 fully saturated rings. The Morgan fingerprint density at radius 3 is 2.67 bits per heavy atom. The molecule has 0 N–H and O–H groups in total. The molecule has 0 bridgehead atoms. The molecule has 0 atom stereocenters. The zero-order valence-electron chi connectivity index (χ0n) is 16.6. The van der Waals surface area contributed by atoms with Gasteiger partial charge in [0.2, 0.25) is 0 Å². The van der Waals surface area contributed by atoms with Gasteiger partial charge in [0.1, 0.15) is 18.4 Å². The lowest BCUT2D eigenvalue weighted by molar-refractivity contribution is -0.139. The van der Waals surface area contributed by atoms with Gasteiger partial charge in [-0.05, 0) is 31.0 Å². The Balaban J connectivity index is 1.40. The molecule has 0 amide bonds. The van der Waals surface area contributed by atoms with Crippen LogP contribution in [0.5, 0.6) is 5.75 Å². The maximum atomic E-state index is 12.8. The molecule has 4 rings (SSSR count). The van der Waals surface area contributed by atoms with Crippen LogP contribution in [0.25, 0.3) is 10.9 Å². The fraction of sp³-hybridized carbons (Fsp3) is 0.429. The molecule has 1 aliphatic heterocycles. The quantitative estimate of drug-likeness (QED) is 0.635. The Labute approximate surface area is 171 Å². The van der Waals surface area contributed by atoms with Gasteiger partial charge < -0.3 is 13.9 Å². The molecular formula is C21H23F3N4O2.